The van der Waals surface area contributed by atoms with Crippen LogP contribution in [0.1, 0.15) is 59.3 Å². The van der Waals surface area contributed by atoms with Crippen LogP contribution in [0, 0.1) is 0 Å². The molecule has 0 amide bonds. The predicted molar refractivity (Wildman–Crippen MR) is 85.9 cm³/mol. The summed E-state index contributed by atoms with van der Waals surface area (Å²) in [5.74, 6) is 0. The predicted octanol–water partition coefficient (Wildman–Crippen LogP) is 2.89. The second kappa shape index (κ2) is 12.3. The van der Waals surface area contributed by atoms with Gasteiger partial charge in [0.1, 0.15) is 18.3 Å². The summed E-state index contributed by atoms with van der Waals surface area (Å²) in [6.45, 7) is 8.70. The van der Waals surface area contributed by atoms with E-state index in [1.165, 1.54) is 0 Å². The highest BCUT2D eigenvalue weighted by molar-refractivity contribution is 4.86. The van der Waals surface area contributed by atoms with Crippen LogP contribution in [-0.4, -0.2) is 56.1 Å². The van der Waals surface area contributed by atoms with Gasteiger partial charge in [0.2, 0.25) is 0 Å². The van der Waals surface area contributed by atoms with Crippen molar-refractivity contribution in [1.82, 2.24) is 0 Å². The first kappa shape index (κ1) is 19.8. The van der Waals surface area contributed by atoms with E-state index in [9.17, 15) is 5.11 Å². The van der Waals surface area contributed by atoms with Crippen LogP contribution in [0.5, 0.6) is 0 Å². The zero-order valence-corrected chi connectivity index (χ0v) is 14.5. The van der Waals surface area contributed by atoms with Crippen LogP contribution in [0.4, 0.5) is 0 Å². The molecule has 4 atom stereocenters. The van der Waals surface area contributed by atoms with E-state index in [0.29, 0.717) is 26.4 Å². The SMILES string of the molecule is CCCCO[C@H]1[C@@H](OCCCC)COC(O)[C@@H]1OCCCC. The Bertz CT molecular complexity index is 261. The molecule has 5 nitrogen and oxygen atoms in total. The molecule has 0 bridgehead atoms. The molecule has 22 heavy (non-hydrogen) atoms. The smallest absolute Gasteiger partial charge is 0.183 e. The Balaban J connectivity index is 2.59. The van der Waals surface area contributed by atoms with Gasteiger partial charge in [-0.2, -0.15) is 0 Å². The van der Waals surface area contributed by atoms with Gasteiger partial charge < -0.3 is 24.1 Å². The first-order valence-corrected chi connectivity index (χ1v) is 8.89. The van der Waals surface area contributed by atoms with Crippen LogP contribution in [0.3, 0.4) is 0 Å². The molecule has 0 aliphatic carbocycles. The van der Waals surface area contributed by atoms with Gasteiger partial charge in [-0.3, -0.25) is 0 Å². The molecule has 1 rings (SSSR count). The molecule has 0 aromatic rings. The molecular weight excluding hydrogens is 284 g/mol. The highest BCUT2D eigenvalue weighted by atomic mass is 16.7. The van der Waals surface area contributed by atoms with E-state index in [1.54, 1.807) is 0 Å². The lowest BCUT2D eigenvalue weighted by Crippen LogP contribution is -2.56. The van der Waals surface area contributed by atoms with E-state index in [2.05, 4.69) is 20.8 Å². The summed E-state index contributed by atoms with van der Waals surface area (Å²) in [7, 11) is 0. The lowest BCUT2D eigenvalue weighted by atomic mass is 10.0. The molecule has 0 spiro atoms. The fourth-order valence-corrected chi connectivity index (χ4v) is 2.39. The van der Waals surface area contributed by atoms with Gasteiger partial charge in [0, 0.05) is 19.8 Å². The number of aliphatic hydroxyl groups is 1. The highest BCUT2D eigenvalue weighted by Crippen LogP contribution is 2.23. The van der Waals surface area contributed by atoms with Gasteiger partial charge in [-0.25, -0.2) is 0 Å². The second-order valence-electron chi connectivity index (χ2n) is 5.86. The van der Waals surface area contributed by atoms with Gasteiger partial charge in [0.05, 0.1) is 6.61 Å². The third-order valence-electron chi connectivity index (χ3n) is 3.85. The van der Waals surface area contributed by atoms with Crippen molar-refractivity contribution >= 4 is 0 Å². The zero-order chi connectivity index (χ0) is 16.2. The van der Waals surface area contributed by atoms with Gasteiger partial charge in [-0.1, -0.05) is 40.0 Å². The second-order valence-corrected chi connectivity index (χ2v) is 5.86. The molecule has 1 N–H and O–H groups in total. The van der Waals surface area contributed by atoms with E-state index in [0.717, 1.165) is 38.5 Å². The summed E-state index contributed by atoms with van der Waals surface area (Å²) in [6.07, 6.45) is 4.37. The molecule has 132 valence electrons. The summed E-state index contributed by atoms with van der Waals surface area (Å²) in [4.78, 5) is 0. The average molecular weight is 318 g/mol. The molecule has 0 aromatic heterocycles. The molecule has 0 saturated carbocycles. The van der Waals surface area contributed by atoms with Crippen LogP contribution in [-0.2, 0) is 18.9 Å². The number of unbranched alkanes of at least 4 members (excludes halogenated alkanes) is 3. The van der Waals surface area contributed by atoms with E-state index in [1.807, 2.05) is 0 Å². The normalized spacial score (nSPS) is 28.9. The highest BCUT2D eigenvalue weighted by Gasteiger charge is 2.42. The Hall–Kier alpha value is -0.200. The molecule has 1 heterocycles. The van der Waals surface area contributed by atoms with Crippen LogP contribution in [0.25, 0.3) is 0 Å². The van der Waals surface area contributed by atoms with Crippen molar-refractivity contribution in [1.29, 1.82) is 0 Å². The first-order valence-electron chi connectivity index (χ1n) is 8.89. The van der Waals surface area contributed by atoms with E-state index < -0.39 is 12.4 Å². The third kappa shape index (κ3) is 6.92. The maximum Gasteiger partial charge on any atom is 0.183 e. The Morgan fingerprint density at radius 3 is 1.86 bits per heavy atom. The number of hydrogen-bond donors (Lipinski definition) is 1. The summed E-state index contributed by atoms with van der Waals surface area (Å²) in [5.41, 5.74) is 0. The average Bonchev–Trinajstić information content (AvgIpc) is 2.52. The van der Waals surface area contributed by atoms with Crippen molar-refractivity contribution in [3.8, 4) is 0 Å². The van der Waals surface area contributed by atoms with Crippen molar-refractivity contribution in [2.24, 2.45) is 0 Å². The van der Waals surface area contributed by atoms with Crippen molar-refractivity contribution < 1.29 is 24.1 Å². The molecule has 1 unspecified atom stereocenters. The van der Waals surface area contributed by atoms with Gasteiger partial charge in [0.15, 0.2) is 6.29 Å². The summed E-state index contributed by atoms with van der Waals surface area (Å²) in [5, 5.41) is 10.1. The summed E-state index contributed by atoms with van der Waals surface area (Å²) in [6, 6.07) is 0. The van der Waals surface area contributed by atoms with Crippen molar-refractivity contribution in [2.75, 3.05) is 26.4 Å². The largest absolute Gasteiger partial charge is 0.373 e. The van der Waals surface area contributed by atoms with E-state index in [-0.39, 0.29) is 12.2 Å². The quantitative estimate of drug-likeness (QED) is 0.561. The maximum atomic E-state index is 10.1. The monoisotopic (exact) mass is 318 g/mol. The Morgan fingerprint density at radius 1 is 0.818 bits per heavy atom. The number of hydrogen-bond acceptors (Lipinski definition) is 5. The Kier molecular flexibility index (Phi) is 11.1. The Morgan fingerprint density at radius 2 is 1.32 bits per heavy atom. The minimum absolute atomic E-state index is 0.168. The number of ether oxygens (including phenoxy) is 4. The van der Waals surface area contributed by atoms with Crippen molar-refractivity contribution in [3.05, 3.63) is 0 Å². The van der Waals surface area contributed by atoms with Gasteiger partial charge in [-0.05, 0) is 19.3 Å². The Labute approximate surface area is 135 Å². The molecule has 1 aliphatic rings. The van der Waals surface area contributed by atoms with Crippen LogP contribution in [0.2, 0.25) is 0 Å². The lowest BCUT2D eigenvalue weighted by molar-refractivity contribution is -0.281. The van der Waals surface area contributed by atoms with Crippen molar-refractivity contribution in [2.45, 2.75) is 83.9 Å². The molecule has 0 radical (unpaired) electrons. The van der Waals surface area contributed by atoms with Crippen molar-refractivity contribution in [3.63, 3.8) is 0 Å². The minimum atomic E-state index is -0.936. The fraction of sp³-hybridized carbons (Fsp3) is 1.00. The molecule has 1 saturated heterocycles. The number of aliphatic hydroxyl groups excluding tert-OH is 1. The number of rotatable bonds is 12. The topological polar surface area (TPSA) is 57.2 Å². The minimum Gasteiger partial charge on any atom is -0.373 e. The van der Waals surface area contributed by atoms with Gasteiger partial charge >= 0.3 is 0 Å². The molecule has 5 heteroatoms. The summed E-state index contributed by atoms with van der Waals surface area (Å²) >= 11 is 0. The first-order chi connectivity index (χ1) is 10.7. The van der Waals surface area contributed by atoms with Gasteiger partial charge in [-0.15, -0.1) is 0 Å². The maximum absolute atomic E-state index is 10.1. The van der Waals surface area contributed by atoms with Crippen LogP contribution < -0.4 is 0 Å². The lowest BCUT2D eigenvalue weighted by Gasteiger charge is -2.40. The standard InChI is InChI=1S/C17H34O5/c1-4-7-10-19-14-13-22-17(18)16(21-12-9-6-3)15(14)20-11-8-5-2/h14-18H,4-13H2,1-3H3/t14-,15-,16+,17?/m0/s1. The molecular formula is C17H34O5. The van der Waals surface area contributed by atoms with E-state index >= 15 is 0 Å². The zero-order valence-electron chi connectivity index (χ0n) is 14.5. The molecule has 0 aromatic carbocycles. The fourth-order valence-electron chi connectivity index (χ4n) is 2.39. The summed E-state index contributed by atoms with van der Waals surface area (Å²) < 4.78 is 23.2. The molecule has 1 aliphatic heterocycles. The van der Waals surface area contributed by atoms with Crippen LogP contribution >= 0.6 is 0 Å². The third-order valence-corrected chi connectivity index (χ3v) is 3.85. The van der Waals surface area contributed by atoms with Crippen LogP contribution in [0.15, 0.2) is 0 Å². The van der Waals surface area contributed by atoms with E-state index in [4.69, 9.17) is 18.9 Å². The van der Waals surface area contributed by atoms with Gasteiger partial charge in [0.25, 0.3) is 0 Å². The molecule has 1 fully saturated rings.